The molecule has 102 valence electrons. The van der Waals surface area contributed by atoms with Crippen LogP contribution in [0.1, 0.15) is 36.8 Å². The minimum atomic E-state index is 0.287. The van der Waals surface area contributed by atoms with Gasteiger partial charge in [0.2, 0.25) is 5.91 Å². The van der Waals surface area contributed by atoms with Gasteiger partial charge in [-0.15, -0.1) is 0 Å². The van der Waals surface area contributed by atoms with Crippen LogP contribution < -0.4 is 5.73 Å². The first-order valence-corrected chi connectivity index (χ1v) is 7.34. The highest BCUT2D eigenvalue weighted by Crippen LogP contribution is 2.35. The van der Waals surface area contributed by atoms with E-state index in [0.717, 1.165) is 23.6 Å². The van der Waals surface area contributed by atoms with Gasteiger partial charge in [0.15, 0.2) is 0 Å². The van der Waals surface area contributed by atoms with Gasteiger partial charge in [-0.25, -0.2) is 0 Å². The van der Waals surface area contributed by atoms with E-state index in [1.807, 2.05) is 24.3 Å². The first kappa shape index (κ1) is 12.7. The second kappa shape index (κ2) is 5.33. The van der Waals surface area contributed by atoms with E-state index in [1.165, 1.54) is 25.7 Å². The molecule has 1 aromatic carbocycles. The molecule has 3 heteroatoms. The van der Waals surface area contributed by atoms with Crippen LogP contribution in [-0.4, -0.2) is 23.4 Å². The van der Waals surface area contributed by atoms with E-state index < -0.39 is 0 Å². The van der Waals surface area contributed by atoms with E-state index in [0.29, 0.717) is 19.0 Å². The van der Waals surface area contributed by atoms with Crippen molar-refractivity contribution >= 4 is 5.91 Å². The van der Waals surface area contributed by atoms with Gasteiger partial charge < -0.3 is 10.6 Å². The van der Waals surface area contributed by atoms with Crippen LogP contribution in [-0.2, 0) is 17.8 Å². The summed E-state index contributed by atoms with van der Waals surface area (Å²) in [6.45, 7) is 1.49. The normalized spacial score (nSPS) is 18.4. The predicted octanol–water partition coefficient (Wildman–Crippen LogP) is 2.09. The number of hydrogen-bond donors (Lipinski definition) is 1. The van der Waals surface area contributed by atoms with Gasteiger partial charge in [-0.05, 0) is 42.7 Å². The standard InChI is InChI=1S/C16H22N2O/c17-10-14-4-2-1-3-13(14)9-16(19)18(15-7-8-15)11-12-5-6-12/h1-4,12,15H,5-11,17H2. The Balaban J connectivity index is 1.68. The molecule has 0 aliphatic heterocycles. The summed E-state index contributed by atoms with van der Waals surface area (Å²) < 4.78 is 0. The zero-order valence-corrected chi connectivity index (χ0v) is 11.3. The Morgan fingerprint density at radius 2 is 1.84 bits per heavy atom. The molecule has 3 rings (SSSR count). The van der Waals surface area contributed by atoms with Crippen LogP contribution in [0.15, 0.2) is 24.3 Å². The Morgan fingerprint density at radius 3 is 2.42 bits per heavy atom. The summed E-state index contributed by atoms with van der Waals surface area (Å²) in [5, 5.41) is 0. The predicted molar refractivity (Wildman–Crippen MR) is 75.5 cm³/mol. The second-order valence-corrected chi connectivity index (χ2v) is 5.87. The van der Waals surface area contributed by atoms with Gasteiger partial charge in [0.1, 0.15) is 0 Å². The number of carbonyl (C=O) groups excluding carboxylic acids is 1. The van der Waals surface area contributed by atoms with Crippen LogP contribution in [0.4, 0.5) is 0 Å². The van der Waals surface area contributed by atoms with E-state index >= 15 is 0 Å². The summed E-state index contributed by atoms with van der Waals surface area (Å²) in [5.41, 5.74) is 7.93. The summed E-state index contributed by atoms with van der Waals surface area (Å²) in [4.78, 5) is 14.6. The molecule has 0 aromatic heterocycles. The number of carbonyl (C=O) groups is 1. The maximum Gasteiger partial charge on any atom is 0.227 e. The third-order valence-electron chi connectivity index (χ3n) is 4.14. The first-order valence-electron chi connectivity index (χ1n) is 7.34. The maximum absolute atomic E-state index is 12.5. The summed E-state index contributed by atoms with van der Waals surface area (Å²) in [6, 6.07) is 8.55. The molecular weight excluding hydrogens is 236 g/mol. The molecule has 2 saturated carbocycles. The van der Waals surface area contributed by atoms with Crippen molar-refractivity contribution in [1.82, 2.24) is 4.90 Å². The molecule has 3 nitrogen and oxygen atoms in total. The molecule has 1 aromatic rings. The van der Waals surface area contributed by atoms with Crippen LogP contribution in [0.3, 0.4) is 0 Å². The van der Waals surface area contributed by atoms with Crippen molar-refractivity contribution in [3.8, 4) is 0 Å². The Kier molecular flexibility index (Phi) is 3.56. The van der Waals surface area contributed by atoms with E-state index in [4.69, 9.17) is 5.73 Å². The lowest BCUT2D eigenvalue weighted by Crippen LogP contribution is -2.36. The van der Waals surface area contributed by atoms with Crippen LogP contribution in [0, 0.1) is 5.92 Å². The minimum absolute atomic E-state index is 0.287. The fourth-order valence-electron chi connectivity index (χ4n) is 2.61. The van der Waals surface area contributed by atoms with E-state index in [1.54, 1.807) is 0 Å². The monoisotopic (exact) mass is 258 g/mol. The van der Waals surface area contributed by atoms with Crippen LogP contribution >= 0.6 is 0 Å². The van der Waals surface area contributed by atoms with Crippen molar-refractivity contribution in [2.24, 2.45) is 11.7 Å². The summed E-state index contributed by atoms with van der Waals surface area (Å²) in [5.74, 6) is 1.06. The highest BCUT2D eigenvalue weighted by molar-refractivity contribution is 5.79. The lowest BCUT2D eigenvalue weighted by molar-refractivity contribution is -0.131. The van der Waals surface area contributed by atoms with Gasteiger partial charge in [0.25, 0.3) is 0 Å². The average molecular weight is 258 g/mol. The van der Waals surface area contributed by atoms with Crippen molar-refractivity contribution in [3.63, 3.8) is 0 Å². The van der Waals surface area contributed by atoms with Crippen molar-refractivity contribution in [3.05, 3.63) is 35.4 Å². The van der Waals surface area contributed by atoms with Gasteiger partial charge in [0, 0.05) is 19.1 Å². The minimum Gasteiger partial charge on any atom is -0.339 e. The molecule has 1 amide bonds. The zero-order valence-electron chi connectivity index (χ0n) is 11.3. The molecule has 2 N–H and O–H groups in total. The molecule has 0 unspecified atom stereocenters. The van der Waals surface area contributed by atoms with Gasteiger partial charge in [-0.1, -0.05) is 24.3 Å². The average Bonchev–Trinajstić information content (AvgIpc) is 3.28. The Labute approximate surface area is 114 Å². The van der Waals surface area contributed by atoms with Gasteiger partial charge >= 0.3 is 0 Å². The fraction of sp³-hybridized carbons (Fsp3) is 0.562. The highest BCUT2D eigenvalue weighted by Gasteiger charge is 2.36. The number of benzene rings is 1. The summed E-state index contributed by atoms with van der Waals surface area (Å²) in [7, 11) is 0. The van der Waals surface area contributed by atoms with Crippen LogP contribution in [0.25, 0.3) is 0 Å². The second-order valence-electron chi connectivity index (χ2n) is 5.87. The molecule has 2 aliphatic carbocycles. The fourth-order valence-corrected chi connectivity index (χ4v) is 2.61. The Morgan fingerprint density at radius 1 is 1.16 bits per heavy atom. The van der Waals surface area contributed by atoms with Crippen molar-refractivity contribution in [2.45, 2.75) is 44.7 Å². The third-order valence-corrected chi connectivity index (χ3v) is 4.14. The van der Waals surface area contributed by atoms with E-state index in [-0.39, 0.29) is 5.91 Å². The first-order chi connectivity index (χ1) is 9.28. The third kappa shape index (κ3) is 3.16. The molecule has 0 saturated heterocycles. The molecule has 0 spiro atoms. The number of hydrogen-bond acceptors (Lipinski definition) is 2. The smallest absolute Gasteiger partial charge is 0.227 e. The number of amides is 1. The van der Waals surface area contributed by atoms with Gasteiger partial charge in [-0.2, -0.15) is 0 Å². The largest absolute Gasteiger partial charge is 0.339 e. The SMILES string of the molecule is NCc1ccccc1CC(=O)N(CC1CC1)C1CC1. The van der Waals surface area contributed by atoms with Gasteiger partial charge in [-0.3, -0.25) is 4.79 Å². The maximum atomic E-state index is 12.5. The zero-order chi connectivity index (χ0) is 13.2. The molecule has 19 heavy (non-hydrogen) atoms. The summed E-state index contributed by atoms with van der Waals surface area (Å²) >= 11 is 0. The highest BCUT2D eigenvalue weighted by atomic mass is 16.2. The molecule has 0 heterocycles. The quantitative estimate of drug-likeness (QED) is 0.849. The lowest BCUT2D eigenvalue weighted by atomic mass is 10.0. The topological polar surface area (TPSA) is 46.3 Å². The number of rotatable bonds is 6. The molecule has 2 fully saturated rings. The van der Waals surface area contributed by atoms with Crippen molar-refractivity contribution in [2.75, 3.05) is 6.54 Å². The van der Waals surface area contributed by atoms with E-state index in [2.05, 4.69) is 4.90 Å². The number of nitrogens with zero attached hydrogens (tertiary/aromatic N) is 1. The van der Waals surface area contributed by atoms with Crippen molar-refractivity contribution in [1.29, 1.82) is 0 Å². The molecule has 2 aliphatic rings. The molecular formula is C16H22N2O. The van der Waals surface area contributed by atoms with Gasteiger partial charge in [0.05, 0.1) is 6.42 Å². The Bertz CT molecular complexity index is 464. The molecule has 0 radical (unpaired) electrons. The molecule has 0 atom stereocenters. The molecule has 0 bridgehead atoms. The van der Waals surface area contributed by atoms with E-state index in [9.17, 15) is 4.79 Å². The lowest BCUT2D eigenvalue weighted by Gasteiger charge is -2.23. The van der Waals surface area contributed by atoms with Crippen LogP contribution in [0.5, 0.6) is 0 Å². The Hall–Kier alpha value is -1.35. The van der Waals surface area contributed by atoms with Crippen LogP contribution in [0.2, 0.25) is 0 Å². The van der Waals surface area contributed by atoms with Crippen molar-refractivity contribution < 1.29 is 4.79 Å². The summed E-state index contributed by atoms with van der Waals surface area (Å²) in [6.07, 6.45) is 5.50. The number of nitrogens with two attached hydrogens (primary N) is 1.